The monoisotopic (exact) mass is 405 g/mol. The Balaban J connectivity index is 1.56. The van der Waals surface area contributed by atoms with Gasteiger partial charge in [-0.15, -0.1) is 0 Å². The number of nitrogens with zero attached hydrogens (tertiary/aromatic N) is 3. The summed E-state index contributed by atoms with van der Waals surface area (Å²) in [5, 5.41) is 6.88. The van der Waals surface area contributed by atoms with E-state index in [-0.39, 0.29) is 12.2 Å². The first kappa shape index (κ1) is 21.2. The number of anilines is 1. The smallest absolute Gasteiger partial charge is 0.191 e. The summed E-state index contributed by atoms with van der Waals surface area (Å²) >= 11 is 2.07. The molecule has 6 nitrogen and oxygen atoms in total. The molecule has 7 heteroatoms. The van der Waals surface area contributed by atoms with E-state index in [1.165, 1.54) is 18.6 Å². The number of guanidine groups is 1. The highest BCUT2D eigenvalue weighted by Crippen LogP contribution is 2.36. The van der Waals surface area contributed by atoms with Gasteiger partial charge in [-0.3, -0.25) is 0 Å². The second-order valence-corrected chi connectivity index (χ2v) is 9.82. The second kappa shape index (κ2) is 9.83. The predicted molar refractivity (Wildman–Crippen MR) is 119 cm³/mol. The van der Waals surface area contributed by atoms with Gasteiger partial charge in [-0.1, -0.05) is 6.07 Å². The van der Waals surface area contributed by atoms with Gasteiger partial charge in [-0.05, 0) is 57.9 Å². The highest BCUT2D eigenvalue weighted by molar-refractivity contribution is 8.00. The van der Waals surface area contributed by atoms with Crippen LogP contribution in [0.15, 0.2) is 23.3 Å². The van der Waals surface area contributed by atoms with E-state index in [1.54, 1.807) is 0 Å². The Hall–Kier alpha value is -1.47. The van der Waals surface area contributed by atoms with Gasteiger partial charge in [0.15, 0.2) is 5.96 Å². The van der Waals surface area contributed by atoms with Crippen molar-refractivity contribution in [3.8, 4) is 0 Å². The van der Waals surface area contributed by atoms with E-state index in [4.69, 9.17) is 9.73 Å². The van der Waals surface area contributed by atoms with Gasteiger partial charge in [0.05, 0.1) is 18.8 Å². The van der Waals surface area contributed by atoms with Crippen molar-refractivity contribution < 1.29 is 4.74 Å². The molecule has 3 heterocycles. The van der Waals surface area contributed by atoms with Crippen LogP contribution in [-0.2, 0) is 11.3 Å². The number of aromatic nitrogens is 1. The largest absolute Gasteiger partial charge is 0.372 e. The second-order valence-electron chi connectivity index (χ2n) is 8.14. The number of thioether (sulfide) groups is 1. The SMILES string of the molecule is CCNC(=NCc1ccc(N2CC(C)OC(C)C2)nc1)NCC1(C)CCCS1. The molecule has 28 heavy (non-hydrogen) atoms. The zero-order valence-corrected chi connectivity index (χ0v) is 18.5. The van der Waals surface area contributed by atoms with Gasteiger partial charge in [-0.2, -0.15) is 11.8 Å². The number of nitrogens with one attached hydrogen (secondary N) is 2. The van der Waals surface area contributed by atoms with E-state index >= 15 is 0 Å². The quantitative estimate of drug-likeness (QED) is 0.560. The number of hydrogen-bond donors (Lipinski definition) is 2. The lowest BCUT2D eigenvalue weighted by molar-refractivity contribution is -0.00545. The molecule has 3 unspecified atom stereocenters. The molecule has 156 valence electrons. The van der Waals surface area contributed by atoms with Crippen LogP contribution < -0.4 is 15.5 Å². The van der Waals surface area contributed by atoms with E-state index in [1.807, 2.05) is 6.20 Å². The molecule has 0 saturated carbocycles. The molecule has 3 rings (SSSR count). The molecule has 1 aromatic heterocycles. The normalized spacial score (nSPS) is 28.4. The number of pyridine rings is 1. The van der Waals surface area contributed by atoms with Gasteiger partial charge >= 0.3 is 0 Å². The average molecular weight is 406 g/mol. The maximum atomic E-state index is 5.81. The third kappa shape index (κ3) is 6.01. The minimum absolute atomic E-state index is 0.239. The lowest BCUT2D eigenvalue weighted by Gasteiger charge is -2.36. The first-order valence-corrected chi connectivity index (χ1v) is 11.5. The number of ether oxygens (including phenoxy) is 1. The fourth-order valence-corrected chi connectivity index (χ4v) is 5.07. The first-order valence-electron chi connectivity index (χ1n) is 10.5. The van der Waals surface area contributed by atoms with Crippen LogP contribution in [0.4, 0.5) is 5.82 Å². The topological polar surface area (TPSA) is 61.8 Å². The maximum Gasteiger partial charge on any atom is 0.191 e. The summed E-state index contributed by atoms with van der Waals surface area (Å²) < 4.78 is 6.14. The van der Waals surface area contributed by atoms with Gasteiger partial charge in [0, 0.05) is 37.1 Å². The third-order valence-electron chi connectivity index (χ3n) is 5.25. The van der Waals surface area contributed by atoms with Crippen LogP contribution in [0.1, 0.15) is 46.1 Å². The van der Waals surface area contributed by atoms with E-state index in [2.05, 4.69) is 72.1 Å². The van der Waals surface area contributed by atoms with Crippen LogP contribution in [0.3, 0.4) is 0 Å². The van der Waals surface area contributed by atoms with Crippen LogP contribution >= 0.6 is 11.8 Å². The zero-order valence-electron chi connectivity index (χ0n) is 17.7. The summed E-state index contributed by atoms with van der Waals surface area (Å²) in [6, 6.07) is 4.24. The Kier molecular flexibility index (Phi) is 7.46. The van der Waals surface area contributed by atoms with E-state index in [0.717, 1.165) is 43.5 Å². The van der Waals surface area contributed by atoms with Gasteiger partial charge in [0.25, 0.3) is 0 Å². The molecule has 2 aliphatic rings. The van der Waals surface area contributed by atoms with Gasteiger partial charge < -0.3 is 20.3 Å². The molecular weight excluding hydrogens is 370 g/mol. The molecule has 3 atom stereocenters. The predicted octanol–water partition coefficient (Wildman–Crippen LogP) is 3.04. The van der Waals surface area contributed by atoms with Gasteiger partial charge in [0.2, 0.25) is 0 Å². The summed E-state index contributed by atoms with van der Waals surface area (Å²) in [6.45, 7) is 12.9. The lowest BCUT2D eigenvalue weighted by atomic mass is 10.1. The Morgan fingerprint density at radius 3 is 2.71 bits per heavy atom. The minimum Gasteiger partial charge on any atom is -0.372 e. The lowest BCUT2D eigenvalue weighted by Crippen LogP contribution is -2.45. The van der Waals surface area contributed by atoms with Gasteiger partial charge in [-0.25, -0.2) is 9.98 Å². The minimum atomic E-state index is 0.239. The molecule has 0 spiro atoms. The summed E-state index contributed by atoms with van der Waals surface area (Å²) in [4.78, 5) is 11.7. The summed E-state index contributed by atoms with van der Waals surface area (Å²) in [5.74, 6) is 3.17. The number of rotatable bonds is 6. The highest BCUT2D eigenvalue weighted by atomic mass is 32.2. The summed E-state index contributed by atoms with van der Waals surface area (Å²) in [6.07, 6.45) is 5.01. The highest BCUT2D eigenvalue weighted by Gasteiger charge is 2.29. The number of morpholine rings is 1. The third-order valence-corrected chi connectivity index (χ3v) is 6.79. The molecule has 2 aliphatic heterocycles. The molecular formula is C21H35N5OS. The Labute approximate surface area is 173 Å². The summed E-state index contributed by atoms with van der Waals surface area (Å²) in [7, 11) is 0. The van der Waals surface area contributed by atoms with Crippen molar-refractivity contribution in [2.24, 2.45) is 4.99 Å². The zero-order chi connectivity index (χ0) is 20.0. The van der Waals surface area contributed by atoms with Crippen molar-refractivity contribution in [2.45, 2.75) is 64.0 Å². The van der Waals surface area contributed by atoms with Gasteiger partial charge in [0.1, 0.15) is 5.82 Å². The van der Waals surface area contributed by atoms with E-state index in [9.17, 15) is 0 Å². The standard InChI is InChI=1S/C21H35N5OS/c1-5-22-20(25-15-21(4)9-6-10-28-21)24-12-18-7-8-19(23-11-18)26-13-16(2)27-17(3)14-26/h7-8,11,16-17H,5-6,9-10,12-15H2,1-4H3,(H2,22,24,25). The van der Waals surface area contributed by atoms with E-state index < -0.39 is 0 Å². The van der Waals surface area contributed by atoms with Crippen LogP contribution in [-0.4, -0.2) is 59.8 Å². The molecule has 0 aromatic carbocycles. The first-order chi connectivity index (χ1) is 13.5. The van der Waals surface area contributed by atoms with Crippen LogP contribution in [0.5, 0.6) is 0 Å². The Bertz CT molecular complexity index is 635. The Morgan fingerprint density at radius 1 is 1.32 bits per heavy atom. The van der Waals surface area contributed by atoms with Crippen molar-refractivity contribution in [1.29, 1.82) is 0 Å². The maximum absolute atomic E-state index is 5.81. The molecule has 2 N–H and O–H groups in total. The fraction of sp³-hybridized carbons (Fsp3) is 0.714. The van der Waals surface area contributed by atoms with Crippen LogP contribution in [0.2, 0.25) is 0 Å². The average Bonchev–Trinajstić information content (AvgIpc) is 3.10. The van der Waals surface area contributed by atoms with Crippen molar-refractivity contribution >= 4 is 23.5 Å². The molecule has 0 aliphatic carbocycles. The Morgan fingerprint density at radius 2 is 2.11 bits per heavy atom. The fourth-order valence-electron chi connectivity index (χ4n) is 3.82. The van der Waals surface area contributed by atoms with E-state index in [0.29, 0.717) is 11.3 Å². The molecule has 2 saturated heterocycles. The van der Waals surface area contributed by atoms with Crippen LogP contribution in [0, 0.1) is 0 Å². The van der Waals surface area contributed by atoms with Crippen molar-refractivity contribution in [1.82, 2.24) is 15.6 Å². The molecule has 2 fully saturated rings. The molecule has 0 bridgehead atoms. The summed E-state index contributed by atoms with van der Waals surface area (Å²) in [5.41, 5.74) is 1.12. The molecule has 0 amide bonds. The van der Waals surface area contributed by atoms with Crippen molar-refractivity contribution in [3.63, 3.8) is 0 Å². The van der Waals surface area contributed by atoms with Crippen LogP contribution in [0.25, 0.3) is 0 Å². The van der Waals surface area contributed by atoms with Crippen molar-refractivity contribution in [3.05, 3.63) is 23.9 Å². The number of hydrogen-bond acceptors (Lipinski definition) is 5. The van der Waals surface area contributed by atoms with Crippen molar-refractivity contribution in [2.75, 3.05) is 36.8 Å². The molecule has 0 radical (unpaired) electrons. The molecule has 1 aromatic rings. The number of aliphatic imine (C=N–C) groups is 1.